The lowest BCUT2D eigenvalue weighted by atomic mass is 10.0. The second-order valence-electron chi connectivity index (χ2n) is 5.96. The Morgan fingerprint density at radius 3 is 2.74 bits per heavy atom. The summed E-state index contributed by atoms with van der Waals surface area (Å²) in [5.41, 5.74) is 0. The smallest absolute Gasteiger partial charge is 0.237 e. The van der Waals surface area contributed by atoms with Crippen molar-refractivity contribution in [2.45, 2.75) is 71.0 Å². The lowest BCUT2D eigenvalue weighted by Gasteiger charge is -2.31. The molecule has 4 heteroatoms. The number of nitrogens with zero attached hydrogens (tertiary/aromatic N) is 1. The van der Waals surface area contributed by atoms with Crippen LogP contribution in [-0.2, 0) is 4.79 Å². The number of carbonyl (C=O) groups excluding carboxylic acids is 1. The Bertz CT molecular complexity index is 264. The van der Waals surface area contributed by atoms with Crippen molar-refractivity contribution in [3.8, 4) is 0 Å². The zero-order valence-corrected chi connectivity index (χ0v) is 13.0. The number of piperidine rings is 1. The number of likely N-dealkylation sites (N-methyl/N-ethyl adjacent to an activating group) is 1. The first-order valence-electron chi connectivity index (χ1n) is 7.78. The van der Waals surface area contributed by atoms with Crippen molar-refractivity contribution < 1.29 is 4.79 Å². The molecule has 1 saturated heterocycles. The van der Waals surface area contributed by atoms with Crippen molar-refractivity contribution in [2.24, 2.45) is 0 Å². The van der Waals surface area contributed by atoms with Crippen molar-refractivity contribution in [1.82, 2.24) is 15.5 Å². The van der Waals surface area contributed by atoms with E-state index in [2.05, 4.69) is 29.4 Å². The van der Waals surface area contributed by atoms with Gasteiger partial charge in [0.15, 0.2) is 0 Å². The van der Waals surface area contributed by atoms with Crippen LogP contribution in [0.1, 0.15) is 52.9 Å². The molecular weight excluding hydrogens is 238 g/mol. The summed E-state index contributed by atoms with van der Waals surface area (Å²) in [6.45, 7) is 8.30. The van der Waals surface area contributed by atoms with Crippen LogP contribution in [0.2, 0.25) is 0 Å². The molecule has 1 rings (SSSR count). The van der Waals surface area contributed by atoms with Crippen molar-refractivity contribution in [1.29, 1.82) is 0 Å². The minimum absolute atomic E-state index is 0.0527. The van der Waals surface area contributed by atoms with Gasteiger partial charge in [-0.2, -0.15) is 0 Å². The largest absolute Gasteiger partial charge is 0.352 e. The molecule has 3 atom stereocenters. The number of nitrogens with one attached hydrogen (secondary N) is 2. The van der Waals surface area contributed by atoms with Crippen molar-refractivity contribution in [3.05, 3.63) is 0 Å². The predicted molar refractivity (Wildman–Crippen MR) is 80.2 cm³/mol. The highest BCUT2D eigenvalue weighted by Gasteiger charge is 2.22. The molecule has 0 spiro atoms. The zero-order valence-electron chi connectivity index (χ0n) is 13.0. The Labute approximate surface area is 118 Å². The van der Waals surface area contributed by atoms with E-state index in [0.717, 1.165) is 25.9 Å². The van der Waals surface area contributed by atoms with Gasteiger partial charge in [0.25, 0.3) is 0 Å². The monoisotopic (exact) mass is 269 g/mol. The number of rotatable bonds is 7. The van der Waals surface area contributed by atoms with Crippen LogP contribution in [-0.4, -0.2) is 49.1 Å². The molecule has 3 unspecified atom stereocenters. The quantitative estimate of drug-likeness (QED) is 0.740. The Kier molecular flexibility index (Phi) is 7.39. The molecule has 1 amide bonds. The van der Waals surface area contributed by atoms with Gasteiger partial charge in [0, 0.05) is 18.6 Å². The van der Waals surface area contributed by atoms with Gasteiger partial charge in [-0.1, -0.05) is 19.8 Å². The average Bonchev–Trinajstić information content (AvgIpc) is 2.39. The van der Waals surface area contributed by atoms with Gasteiger partial charge in [-0.25, -0.2) is 0 Å². The molecule has 1 heterocycles. The molecule has 0 saturated carbocycles. The SMILES string of the molecule is CCCC(C)NC(=O)C(C)N(C)CC1CCCCN1. The number of hydrogen-bond donors (Lipinski definition) is 2. The van der Waals surface area contributed by atoms with Gasteiger partial charge in [0.05, 0.1) is 6.04 Å². The zero-order chi connectivity index (χ0) is 14.3. The first-order valence-corrected chi connectivity index (χ1v) is 7.78. The maximum Gasteiger partial charge on any atom is 0.237 e. The molecule has 0 aromatic heterocycles. The van der Waals surface area contributed by atoms with E-state index in [1.807, 2.05) is 14.0 Å². The second kappa shape index (κ2) is 8.54. The first-order chi connectivity index (χ1) is 9.04. The normalized spacial score (nSPS) is 23.1. The van der Waals surface area contributed by atoms with Crippen LogP contribution >= 0.6 is 0 Å². The lowest BCUT2D eigenvalue weighted by Crippen LogP contribution is -2.50. The molecule has 2 N–H and O–H groups in total. The van der Waals surface area contributed by atoms with Crippen LogP contribution in [0.25, 0.3) is 0 Å². The Morgan fingerprint density at radius 1 is 1.42 bits per heavy atom. The molecule has 112 valence electrons. The van der Waals surface area contributed by atoms with E-state index in [1.165, 1.54) is 19.3 Å². The summed E-state index contributed by atoms with van der Waals surface area (Å²) in [6, 6.07) is 0.770. The molecule has 19 heavy (non-hydrogen) atoms. The summed E-state index contributed by atoms with van der Waals surface area (Å²) >= 11 is 0. The summed E-state index contributed by atoms with van der Waals surface area (Å²) in [5, 5.41) is 6.63. The maximum absolute atomic E-state index is 12.1. The summed E-state index contributed by atoms with van der Waals surface area (Å²) in [4.78, 5) is 14.3. The Balaban J connectivity index is 2.33. The van der Waals surface area contributed by atoms with Crippen LogP contribution in [0.4, 0.5) is 0 Å². The van der Waals surface area contributed by atoms with Crippen LogP contribution in [0.5, 0.6) is 0 Å². The lowest BCUT2D eigenvalue weighted by molar-refractivity contribution is -0.126. The van der Waals surface area contributed by atoms with Gasteiger partial charge >= 0.3 is 0 Å². The molecule has 1 aliphatic rings. The molecule has 0 aromatic carbocycles. The van der Waals surface area contributed by atoms with Crippen LogP contribution in [0, 0.1) is 0 Å². The molecule has 0 aromatic rings. The minimum Gasteiger partial charge on any atom is -0.352 e. The summed E-state index contributed by atoms with van der Waals surface area (Å²) in [5.74, 6) is 0.152. The van der Waals surface area contributed by atoms with Gasteiger partial charge in [-0.3, -0.25) is 9.69 Å². The fourth-order valence-electron chi connectivity index (χ4n) is 2.65. The molecular formula is C15H31N3O. The van der Waals surface area contributed by atoms with Gasteiger partial charge in [0.2, 0.25) is 5.91 Å². The minimum atomic E-state index is -0.0527. The van der Waals surface area contributed by atoms with Crippen molar-refractivity contribution >= 4 is 5.91 Å². The third-order valence-electron chi connectivity index (χ3n) is 4.07. The summed E-state index contributed by atoms with van der Waals surface area (Å²) < 4.78 is 0. The van der Waals surface area contributed by atoms with E-state index in [9.17, 15) is 4.79 Å². The van der Waals surface area contributed by atoms with E-state index < -0.39 is 0 Å². The number of hydrogen-bond acceptors (Lipinski definition) is 3. The standard InChI is InChI=1S/C15H31N3O/c1-5-8-12(2)17-15(19)13(3)18(4)11-14-9-6-7-10-16-14/h12-14,16H,5-11H2,1-4H3,(H,17,19). The van der Waals surface area contributed by atoms with Gasteiger partial charge in [-0.05, 0) is 46.7 Å². The molecule has 0 bridgehead atoms. The predicted octanol–water partition coefficient (Wildman–Crippen LogP) is 1.75. The third-order valence-corrected chi connectivity index (χ3v) is 4.07. The fourth-order valence-corrected chi connectivity index (χ4v) is 2.65. The molecule has 4 nitrogen and oxygen atoms in total. The Morgan fingerprint density at radius 2 is 2.16 bits per heavy atom. The van der Waals surface area contributed by atoms with Crippen molar-refractivity contribution in [3.63, 3.8) is 0 Å². The highest BCUT2D eigenvalue weighted by molar-refractivity contribution is 5.81. The molecule has 0 radical (unpaired) electrons. The van der Waals surface area contributed by atoms with Gasteiger partial charge < -0.3 is 10.6 Å². The number of carbonyl (C=O) groups is 1. The molecule has 1 fully saturated rings. The van der Waals surface area contributed by atoms with Crippen LogP contribution in [0.3, 0.4) is 0 Å². The maximum atomic E-state index is 12.1. The van der Waals surface area contributed by atoms with Gasteiger partial charge in [0.1, 0.15) is 0 Å². The highest BCUT2D eigenvalue weighted by atomic mass is 16.2. The van der Waals surface area contributed by atoms with Crippen LogP contribution < -0.4 is 10.6 Å². The number of amides is 1. The van der Waals surface area contributed by atoms with E-state index >= 15 is 0 Å². The Hall–Kier alpha value is -0.610. The molecule has 1 aliphatic heterocycles. The van der Waals surface area contributed by atoms with Crippen LogP contribution in [0.15, 0.2) is 0 Å². The van der Waals surface area contributed by atoms with Gasteiger partial charge in [-0.15, -0.1) is 0 Å². The second-order valence-corrected chi connectivity index (χ2v) is 5.96. The van der Waals surface area contributed by atoms with E-state index in [1.54, 1.807) is 0 Å². The summed E-state index contributed by atoms with van der Waals surface area (Å²) in [6.07, 6.45) is 5.97. The van der Waals surface area contributed by atoms with E-state index in [4.69, 9.17) is 0 Å². The topological polar surface area (TPSA) is 44.4 Å². The molecule has 0 aliphatic carbocycles. The highest BCUT2D eigenvalue weighted by Crippen LogP contribution is 2.09. The fraction of sp³-hybridized carbons (Fsp3) is 0.933. The summed E-state index contributed by atoms with van der Waals surface area (Å²) in [7, 11) is 2.05. The van der Waals surface area contributed by atoms with E-state index in [-0.39, 0.29) is 18.0 Å². The first kappa shape index (κ1) is 16.4. The van der Waals surface area contributed by atoms with E-state index in [0.29, 0.717) is 6.04 Å². The third kappa shape index (κ3) is 5.91. The average molecular weight is 269 g/mol. The van der Waals surface area contributed by atoms with Crippen molar-refractivity contribution in [2.75, 3.05) is 20.1 Å².